The number of nitrogens with zero attached hydrogens (tertiary/aromatic N) is 4. The van der Waals surface area contributed by atoms with E-state index in [0.717, 1.165) is 29.5 Å². The molecule has 0 bridgehead atoms. The van der Waals surface area contributed by atoms with Crippen LogP contribution in [-0.4, -0.2) is 65.6 Å². The molecule has 1 fully saturated rings. The van der Waals surface area contributed by atoms with Gasteiger partial charge in [-0.15, -0.1) is 0 Å². The van der Waals surface area contributed by atoms with Gasteiger partial charge in [0.2, 0.25) is 5.91 Å². The normalized spacial score (nSPS) is 16.5. The average molecular weight is 596 g/mol. The highest BCUT2D eigenvalue weighted by Crippen LogP contribution is 2.26. The highest BCUT2D eigenvalue weighted by molar-refractivity contribution is 9.10. The van der Waals surface area contributed by atoms with Gasteiger partial charge in [-0.2, -0.15) is 0 Å². The molecule has 1 aliphatic heterocycles. The molecule has 192 valence electrons. The second kappa shape index (κ2) is 10.6. The first-order valence-corrected chi connectivity index (χ1v) is 14.5. The summed E-state index contributed by atoms with van der Waals surface area (Å²) < 4.78 is 27.3. The third-order valence-corrected chi connectivity index (χ3v) is 9.56. The van der Waals surface area contributed by atoms with E-state index >= 15 is 0 Å². The molecule has 2 aromatic carbocycles. The number of likely N-dealkylation sites (N-methyl/N-ethyl adjacent to an activating group) is 1. The first-order chi connectivity index (χ1) is 17.0. The molecule has 36 heavy (non-hydrogen) atoms. The summed E-state index contributed by atoms with van der Waals surface area (Å²) in [4.78, 5) is 33.7. The fourth-order valence-corrected chi connectivity index (χ4v) is 6.31. The van der Waals surface area contributed by atoms with Crippen LogP contribution in [0.5, 0.6) is 0 Å². The summed E-state index contributed by atoms with van der Waals surface area (Å²) in [5.41, 5.74) is 1.75. The van der Waals surface area contributed by atoms with Crippen molar-refractivity contribution in [2.75, 3.05) is 25.9 Å². The first-order valence-electron chi connectivity index (χ1n) is 11.6. The number of rotatable bonds is 7. The van der Waals surface area contributed by atoms with E-state index in [1.807, 2.05) is 13.1 Å². The van der Waals surface area contributed by atoms with E-state index in [0.29, 0.717) is 28.0 Å². The van der Waals surface area contributed by atoms with Crippen LogP contribution in [-0.2, 0) is 27.7 Å². The van der Waals surface area contributed by atoms with Crippen LogP contribution in [0.2, 0.25) is 5.02 Å². The molecule has 11 heteroatoms. The molecule has 3 aromatic rings. The lowest BCUT2D eigenvalue weighted by Crippen LogP contribution is -2.37. The highest BCUT2D eigenvalue weighted by atomic mass is 79.9. The zero-order valence-electron chi connectivity index (χ0n) is 20.4. The van der Waals surface area contributed by atoms with Crippen LogP contribution in [0.15, 0.2) is 50.8 Å². The summed E-state index contributed by atoms with van der Waals surface area (Å²) in [5.74, 6) is 0.0109. The molecule has 1 aromatic heterocycles. The Balaban J connectivity index is 1.62. The summed E-state index contributed by atoms with van der Waals surface area (Å²) in [6.07, 6.45) is 2.36. The SMILES string of the molecule is CCS(=O)(=O)c1ccc(Cl)cc1Cn1cnc2cc(CN3CC[C@@H](N(C)C(C)=O)C3)c(Br)cc2c1=O. The number of carbonyl (C=O) groups excluding carboxylic acids is 1. The second-order valence-corrected chi connectivity index (χ2v) is 12.6. The highest BCUT2D eigenvalue weighted by Gasteiger charge is 2.27. The third kappa shape index (κ3) is 5.51. The van der Waals surface area contributed by atoms with Crippen LogP contribution in [0.25, 0.3) is 10.9 Å². The summed E-state index contributed by atoms with van der Waals surface area (Å²) in [6, 6.07) is 8.46. The monoisotopic (exact) mass is 594 g/mol. The number of hydrogen-bond donors (Lipinski definition) is 0. The van der Waals surface area contributed by atoms with Crippen molar-refractivity contribution in [3.63, 3.8) is 0 Å². The number of amides is 1. The summed E-state index contributed by atoms with van der Waals surface area (Å²) in [6.45, 7) is 5.54. The number of sulfone groups is 1. The maximum absolute atomic E-state index is 13.3. The molecular weight excluding hydrogens is 568 g/mol. The molecule has 0 unspecified atom stereocenters. The summed E-state index contributed by atoms with van der Waals surface area (Å²) >= 11 is 9.74. The van der Waals surface area contributed by atoms with Gasteiger partial charge in [0.05, 0.1) is 34.4 Å². The first kappa shape index (κ1) is 26.8. The molecule has 2 heterocycles. The fourth-order valence-electron chi connectivity index (χ4n) is 4.54. The standard InChI is InChI=1S/C25H28BrClN4O4S/c1-4-36(34,35)24-6-5-19(27)9-18(24)13-31-15-28-23-10-17(22(26)11-21(23)25(31)33)12-30-8-7-20(14-30)29(3)16(2)32/h5-6,9-11,15,20H,4,7-8,12-14H2,1-3H3/t20-/m1/s1. The third-order valence-electron chi connectivity index (χ3n) is 6.76. The smallest absolute Gasteiger partial charge is 0.261 e. The van der Waals surface area contributed by atoms with Gasteiger partial charge in [0.15, 0.2) is 9.84 Å². The molecule has 0 spiro atoms. The van der Waals surface area contributed by atoms with Gasteiger partial charge in [-0.25, -0.2) is 13.4 Å². The van der Waals surface area contributed by atoms with Crippen LogP contribution >= 0.6 is 27.5 Å². The van der Waals surface area contributed by atoms with E-state index < -0.39 is 9.84 Å². The van der Waals surface area contributed by atoms with Gasteiger partial charge in [-0.3, -0.25) is 19.1 Å². The number of halogens is 2. The van der Waals surface area contributed by atoms with E-state index in [4.69, 9.17) is 11.6 Å². The Hall–Kier alpha value is -2.27. The van der Waals surface area contributed by atoms with Crippen LogP contribution in [0.3, 0.4) is 0 Å². The second-order valence-electron chi connectivity index (χ2n) is 9.10. The predicted octanol–water partition coefficient (Wildman–Crippen LogP) is 3.71. The molecule has 0 saturated carbocycles. The minimum atomic E-state index is -3.49. The summed E-state index contributed by atoms with van der Waals surface area (Å²) in [7, 11) is -1.65. The van der Waals surface area contributed by atoms with Gasteiger partial charge >= 0.3 is 0 Å². The van der Waals surface area contributed by atoms with Gasteiger partial charge in [-0.05, 0) is 47.9 Å². The van der Waals surface area contributed by atoms with Crippen molar-refractivity contribution in [1.29, 1.82) is 0 Å². The van der Waals surface area contributed by atoms with Crippen molar-refractivity contribution in [2.24, 2.45) is 0 Å². The van der Waals surface area contributed by atoms with Gasteiger partial charge in [0, 0.05) is 49.1 Å². The quantitative estimate of drug-likeness (QED) is 0.414. The van der Waals surface area contributed by atoms with Crippen molar-refractivity contribution < 1.29 is 13.2 Å². The fraction of sp³-hybridized carbons (Fsp3) is 0.400. The minimum absolute atomic E-state index is 0.0368. The van der Waals surface area contributed by atoms with Gasteiger partial charge in [-0.1, -0.05) is 34.5 Å². The van der Waals surface area contributed by atoms with Crippen molar-refractivity contribution in [2.45, 2.75) is 44.3 Å². The number of carbonyl (C=O) groups is 1. The number of fused-ring (bicyclic) bond motifs is 1. The maximum Gasteiger partial charge on any atom is 0.261 e. The van der Waals surface area contributed by atoms with Gasteiger partial charge in [0.1, 0.15) is 0 Å². The van der Waals surface area contributed by atoms with E-state index in [1.165, 1.54) is 23.0 Å². The topological polar surface area (TPSA) is 92.6 Å². The Labute approximate surface area is 223 Å². The van der Waals surface area contributed by atoms with Crippen molar-refractivity contribution in [3.8, 4) is 0 Å². The molecule has 0 N–H and O–H groups in total. The van der Waals surface area contributed by atoms with E-state index in [1.54, 1.807) is 30.9 Å². The average Bonchev–Trinajstić information content (AvgIpc) is 3.29. The van der Waals surface area contributed by atoms with Crippen molar-refractivity contribution in [3.05, 3.63) is 67.6 Å². The number of aromatic nitrogens is 2. The van der Waals surface area contributed by atoms with Crippen LogP contribution in [0, 0.1) is 0 Å². The summed E-state index contributed by atoms with van der Waals surface area (Å²) in [5, 5.41) is 0.832. The lowest BCUT2D eigenvalue weighted by atomic mass is 10.1. The van der Waals surface area contributed by atoms with Gasteiger partial charge in [0.25, 0.3) is 5.56 Å². The number of likely N-dealkylation sites (tertiary alicyclic amines) is 1. The number of benzene rings is 2. The zero-order chi connectivity index (χ0) is 26.2. The molecule has 8 nitrogen and oxygen atoms in total. The lowest BCUT2D eigenvalue weighted by Gasteiger charge is -2.23. The molecule has 1 saturated heterocycles. The Morgan fingerprint density at radius 1 is 1.22 bits per heavy atom. The van der Waals surface area contributed by atoms with E-state index in [2.05, 4.69) is 25.8 Å². The zero-order valence-corrected chi connectivity index (χ0v) is 23.5. The maximum atomic E-state index is 13.3. The van der Waals surface area contributed by atoms with Gasteiger partial charge < -0.3 is 4.90 Å². The number of hydrogen-bond acceptors (Lipinski definition) is 6. The molecule has 0 radical (unpaired) electrons. The Kier molecular flexibility index (Phi) is 7.89. The van der Waals surface area contributed by atoms with E-state index in [9.17, 15) is 18.0 Å². The predicted molar refractivity (Wildman–Crippen MR) is 144 cm³/mol. The van der Waals surface area contributed by atoms with E-state index in [-0.39, 0.29) is 34.7 Å². The molecule has 1 atom stereocenters. The molecule has 1 amide bonds. The lowest BCUT2D eigenvalue weighted by molar-refractivity contribution is -0.129. The van der Waals surface area contributed by atoms with Crippen molar-refractivity contribution >= 4 is 54.2 Å². The van der Waals surface area contributed by atoms with Crippen LogP contribution in [0.1, 0.15) is 31.4 Å². The molecular formula is C25H28BrClN4O4S. The molecule has 0 aliphatic carbocycles. The Bertz CT molecular complexity index is 1490. The minimum Gasteiger partial charge on any atom is -0.342 e. The van der Waals surface area contributed by atoms with Crippen LogP contribution < -0.4 is 5.56 Å². The van der Waals surface area contributed by atoms with Crippen molar-refractivity contribution in [1.82, 2.24) is 19.4 Å². The Morgan fingerprint density at radius 3 is 2.67 bits per heavy atom. The molecule has 1 aliphatic rings. The Morgan fingerprint density at radius 2 is 1.97 bits per heavy atom. The largest absolute Gasteiger partial charge is 0.342 e. The molecule has 4 rings (SSSR count). The van der Waals surface area contributed by atoms with Crippen LogP contribution in [0.4, 0.5) is 0 Å².